The van der Waals surface area contributed by atoms with E-state index in [9.17, 15) is 0 Å². The van der Waals surface area contributed by atoms with Crippen molar-refractivity contribution in [2.45, 2.75) is 13.0 Å². The van der Waals surface area contributed by atoms with E-state index in [4.69, 9.17) is 0 Å². The molecule has 0 saturated heterocycles. The minimum atomic E-state index is 0.303. The van der Waals surface area contributed by atoms with E-state index in [1.807, 2.05) is 11.6 Å². The molecule has 20 heavy (non-hydrogen) atoms. The van der Waals surface area contributed by atoms with Gasteiger partial charge in [0.05, 0.1) is 6.04 Å². The topological polar surface area (TPSA) is 24.9 Å². The van der Waals surface area contributed by atoms with Gasteiger partial charge in [0.1, 0.15) is 5.01 Å². The second-order valence-corrected chi connectivity index (χ2v) is 7.20. The number of rotatable bonds is 4. The van der Waals surface area contributed by atoms with E-state index in [1.165, 1.54) is 4.88 Å². The molecular weight excluding hydrogens is 352 g/mol. The first kappa shape index (κ1) is 13.8. The Morgan fingerprint density at radius 3 is 2.60 bits per heavy atom. The highest BCUT2D eigenvalue weighted by molar-refractivity contribution is 9.10. The summed E-state index contributed by atoms with van der Waals surface area (Å²) in [6, 6.07) is 10.9. The van der Waals surface area contributed by atoms with E-state index in [2.05, 4.69) is 68.9 Å². The van der Waals surface area contributed by atoms with Crippen LogP contribution in [0.5, 0.6) is 0 Å². The lowest BCUT2D eigenvalue weighted by Gasteiger charge is -2.13. The Kier molecular flexibility index (Phi) is 4.19. The Morgan fingerprint density at radius 1 is 1.20 bits per heavy atom. The molecule has 1 N–H and O–H groups in total. The van der Waals surface area contributed by atoms with E-state index < -0.39 is 0 Å². The van der Waals surface area contributed by atoms with Crippen molar-refractivity contribution in [3.63, 3.8) is 0 Å². The quantitative estimate of drug-likeness (QED) is 0.631. The van der Waals surface area contributed by atoms with E-state index >= 15 is 0 Å². The lowest BCUT2D eigenvalue weighted by Crippen LogP contribution is -2.04. The van der Waals surface area contributed by atoms with Gasteiger partial charge in [-0.25, -0.2) is 4.98 Å². The molecule has 0 spiro atoms. The third-order valence-corrected chi connectivity index (χ3v) is 5.66. The number of thiazole rings is 1. The number of benzene rings is 1. The standard InChI is InChI=1S/C15H13BrN2S2/c1-10(14-8-12(16)9-20-14)18-13-4-2-11(3-5-13)15-17-6-7-19-15/h2-10,18H,1H3. The van der Waals surface area contributed by atoms with Crippen molar-refractivity contribution in [2.75, 3.05) is 5.32 Å². The average Bonchev–Trinajstić information content (AvgIpc) is 3.10. The highest BCUT2D eigenvalue weighted by Crippen LogP contribution is 2.29. The van der Waals surface area contributed by atoms with Crippen LogP contribution in [0.2, 0.25) is 0 Å². The van der Waals surface area contributed by atoms with Crippen LogP contribution in [-0.2, 0) is 0 Å². The molecule has 0 amide bonds. The van der Waals surface area contributed by atoms with Gasteiger partial charge in [-0.15, -0.1) is 22.7 Å². The number of aromatic nitrogens is 1. The minimum absolute atomic E-state index is 0.303. The van der Waals surface area contributed by atoms with Gasteiger partial charge < -0.3 is 5.32 Å². The van der Waals surface area contributed by atoms with E-state index in [0.29, 0.717) is 6.04 Å². The molecule has 2 nitrogen and oxygen atoms in total. The second-order valence-electron chi connectivity index (χ2n) is 4.45. The van der Waals surface area contributed by atoms with Crippen molar-refractivity contribution >= 4 is 44.3 Å². The molecule has 3 aromatic rings. The first-order chi connectivity index (χ1) is 9.72. The number of thiophene rings is 1. The highest BCUT2D eigenvalue weighted by atomic mass is 79.9. The summed E-state index contributed by atoms with van der Waals surface area (Å²) in [5, 5.41) is 8.69. The maximum absolute atomic E-state index is 4.32. The van der Waals surface area contributed by atoms with Crippen molar-refractivity contribution in [3.8, 4) is 10.6 Å². The van der Waals surface area contributed by atoms with Crippen LogP contribution in [0, 0.1) is 0 Å². The molecule has 0 saturated carbocycles. The third kappa shape index (κ3) is 3.11. The van der Waals surface area contributed by atoms with Gasteiger partial charge >= 0.3 is 0 Å². The molecule has 102 valence electrons. The van der Waals surface area contributed by atoms with E-state index in [-0.39, 0.29) is 0 Å². The summed E-state index contributed by atoms with van der Waals surface area (Å²) in [5.74, 6) is 0. The van der Waals surface area contributed by atoms with Crippen LogP contribution in [0.1, 0.15) is 17.8 Å². The molecule has 1 atom stereocenters. The Balaban J connectivity index is 1.72. The number of halogens is 1. The molecule has 0 aliphatic rings. The maximum Gasteiger partial charge on any atom is 0.123 e. The van der Waals surface area contributed by atoms with Gasteiger partial charge in [0.25, 0.3) is 0 Å². The van der Waals surface area contributed by atoms with Gasteiger partial charge in [-0.1, -0.05) is 0 Å². The molecule has 0 aliphatic carbocycles. The minimum Gasteiger partial charge on any atom is -0.378 e. The molecule has 0 radical (unpaired) electrons. The maximum atomic E-state index is 4.32. The monoisotopic (exact) mass is 364 g/mol. The summed E-state index contributed by atoms with van der Waals surface area (Å²) >= 11 is 6.92. The van der Waals surface area contributed by atoms with Crippen molar-refractivity contribution < 1.29 is 0 Å². The number of nitrogens with zero attached hydrogens (tertiary/aromatic N) is 1. The predicted molar refractivity (Wildman–Crippen MR) is 91.6 cm³/mol. The molecule has 5 heteroatoms. The fourth-order valence-electron chi connectivity index (χ4n) is 1.95. The SMILES string of the molecule is CC(Nc1ccc(-c2nccs2)cc1)c1cc(Br)cs1. The molecule has 3 rings (SSSR count). The first-order valence-electron chi connectivity index (χ1n) is 6.23. The molecular formula is C15H13BrN2S2. The number of anilines is 1. The van der Waals surface area contributed by atoms with Crippen LogP contribution in [0.25, 0.3) is 10.6 Å². The Morgan fingerprint density at radius 2 is 2.00 bits per heavy atom. The Bertz CT molecular complexity index is 674. The normalized spacial score (nSPS) is 12.3. The van der Waals surface area contributed by atoms with E-state index in [0.717, 1.165) is 20.7 Å². The van der Waals surface area contributed by atoms with Gasteiger partial charge in [0.2, 0.25) is 0 Å². The van der Waals surface area contributed by atoms with Gasteiger partial charge in [-0.05, 0) is 53.2 Å². The van der Waals surface area contributed by atoms with Gasteiger partial charge in [-0.3, -0.25) is 0 Å². The van der Waals surface area contributed by atoms with Crippen molar-refractivity contribution in [3.05, 3.63) is 56.6 Å². The van der Waals surface area contributed by atoms with Crippen LogP contribution in [0.15, 0.2) is 51.8 Å². The molecule has 0 aliphatic heterocycles. The van der Waals surface area contributed by atoms with Gasteiger partial charge in [-0.2, -0.15) is 0 Å². The summed E-state index contributed by atoms with van der Waals surface area (Å²) in [4.78, 5) is 5.64. The molecule has 2 heterocycles. The lowest BCUT2D eigenvalue weighted by atomic mass is 10.2. The summed E-state index contributed by atoms with van der Waals surface area (Å²) in [6.07, 6.45) is 1.84. The van der Waals surface area contributed by atoms with E-state index in [1.54, 1.807) is 22.7 Å². The fraction of sp³-hybridized carbons (Fsp3) is 0.133. The number of nitrogens with one attached hydrogen (secondary N) is 1. The molecule has 1 aromatic carbocycles. The zero-order valence-electron chi connectivity index (χ0n) is 10.8. The van der Waals surface area contributed by atoms with Crippen molar-refractivity contribution in [1.29, 1.82) is 0 Å². The van der Waals surface area contributed by atoms with Crippen LogP contribution < -0.4 is 5.32 Å². The summed E-state index contributed by atoms with van der Waals surface area (Å²) in [7, 11) is 0. The van der Waals surface area contributed by atoms with Crippen molar-refractivity contribution in [1.82, 2.24) is 4.98 Å². The van der Waals surface area contributed by atoms with Crippen LogP contribution in [0.3, 0.4) is 0 Å². The average molecular weight is 365 g/mol. The largest absolute Gasteiger partial charge is 0.378 e. The summed E-state index contributed by atoms with van der Waals surface area (Å²) in [5.41, 5.74) is 2.29. The zero-order valence-corrected chi connectivity index (χ0v) is 14.1. The Hall–Kier alpha value is -1.17. The molecule has 0 fully saturated rings. The lowest BCUT2D eigenvalue weighted by molar-refractivity contribution is 0.908. The predicted octanol–water partition coefficient (Wildman–Crippen LogP) is 5.81. The smallest absolute Gasteiger partial charge is 0.123 e. The Labute approximate surface area is 134 Å². The summed E-state index contributed by atoms with van der Waals surface area (Å²) in [6.45, 7) is 2.17. The van der Waals surface area contributed by atoms with Crippen LogP contribution in [0.4, 0.5) is 5.69 Å². The van der Waals surface area contributed by atoms with Gasteiger partial charge in [0, 0.05) is 37.6 Å². The highest BCUT2D eigenvalue weighted by Gasteiger charge is 2.08. The third-order valence-electron chi connectivity index (χ3n) is 2.96. The zero-order chi connectivity index (χ0) is 13.9. The van der Waals surface area contributed by atoms with Crippen LogP contribution in [-0.4, -0.2) is 4.98 Å². The molecule has 2 aromatic heterocycles. The molecule has 1 unspecified atom stereocenters. The van der Waals surface area contributed by atoms with Crippen molar-refractivity contribution in [2.24, 2.45) is 0 Å². The number of hydrogen-bond acceptors (Lipinski definition) is 4. The van der Waals surface area contributed by atoms with Gasteiger partial charge in [0.15, 0.2) is 0 Å². The first-order valence-corrected chi connectivity index (χ1v) is 8.78. The fourth-order valence-corrected chi connectivity index (χ4v) is 4.05. The summed E-state index contributed by atoms with van der Waals surface area (Å²) < 4.78 is 1.14. The van der Waals surface area contributed by atoms with Crippen LogP contribution >= 0.6 is 38.6 Å². The number of hydrogen-bond donors (Lipinski definition) is 1. The second kappa shape index (κ2) is 6.08. The molecule has 0 bridgehead atoms.